The molecule has 0 saturated heterocycles. The summed E-state index contributed by atoms with van der Waals surface area (Å²) in [6.45, 7) is 0.459. The minimum atomic E-state index is -0.847. The summed E-state index contributed by atoms with van der Waals surface area (Å²) in [5.74, 6) is -1.24. The number of rotatable bonds is 5. The Bertz CT molecular complexity index is 453. The van der Waals surface area contributed by atoms with Crippen LogP contribution in [0.2, 0.25) is 0 Å². The number of urea groups is 1. The fraction of sp³-hybridized carbons (Fsp3) is 0.250. The van der Waals surface area contributed by atoms with Crippen molar-refractivity contribution in [1.29, 1.82) is 5.26 Å². The van der Waals surface area contributed by atoms with Crippen LogP contribution in [0.1, 0.15) is 11.5 Å². The fourth-order valence-corrected chi connectivity index (χ4v) is 1.40. The molecule has 18 heavy (non-hydrogen) atoms. The largest absolute Gasteiger partial charge is 0.353 e. The van der Waals surface area contributed by atoms with Gasteiger partial charge in [-0.2, -0.15) is 5.26 Å². The van der Waals surface area contributed by atoms with E-state index in [1.807, 2.05) is 12.1 Å². The number of nitrogens with zero attached hydrogens (tertiary/aromatic N) is 1. The van der Waals surface area contributed by atoms with Gasteiger partial charge in [-0.05, 0) is 5.56 Å². The van der Waals surface area contributed by atoms with Crippen molar-refractivity contribution < 1.29 is 9.59 Å². The van der Waals surface area contributed by atoms with E-state index in [9.17, 15) is 9.59 Å². The van der Waals surface area contributed by atoms with Crippen molar-refractivity contribution in [2.75, 3.05) is 13.1 Å². The molecule has 0 heterocycles. The second-order valence-corrected chi connectivity index (χ2v) is 3.55. The zero-order valence-electron chi connectivity index (χ0n) is 9.72. The predicted molar refractivity (Wildman–Crippen MR) is 65.4 cm³/mol. The van der Waals surface area contributed by atoms with Gasteiger partial charge in [-0.1, -0.05) is 30.3 Å². The molecule has 1 aromatic carbocycles. The Morgan fingerprint density at radius 3 is 2.39 bits per heavy atom. The molecule has 0 fully saturated rings. The Labute approximate surface area is 105 Å². The number of nitrogens with one attached hydrogen (secondary N) is 2. The van der Waals surface area contributed by atoms with Crippen LogP contribution in [0.3, 0.4) is 0 Å². The molecule has 4 N–H and O–H groups in total. The van der Waals surface area contributed by atoms with Gasteiger partial charge in [0.05, 0.1) is 6.07 Å². The van der Waals surface area contributed by atoms with Crippen molar-refractivity contribution in [3.05, 3.63) is 35.9 Å². The summed E-state index contributed by atoms with van der Waals surface area (Å²) in [6, 6.07) is 10.1. The number of carbonyl (C=O) groups excluding carboxylic acids is 2. The predicted octanol–water partition coefficient (Wildman–Crippen LogP) is 0.0783. The fourth-order valence-electron chi connectivity index (χ4n) is 1.40. The molecular weight excluding hydrogens is 232 g/mol. The average Bonchev–Trinajstić information content (AvgIpc) is 2.36. The second kappa shape index (κ2) is 6.91. The molecule has 3 amide bonds. The maximum absolute atomic E-state index is 11.7. The van der Waals surface area contributed by atoms with Gasteiger partial charge in [0.2, 0.25) is 5.91 Å². The summed E-state index contributed by atoms with van der Waals surface area (Å²) >= 11 is 0. The van der Waals surface area contributed by atoms with E-state index in [0.29, 0.717) is 5.56 Å². The lowest BCUT2D eigenvalue weighted by molar-refractivity contribution is -0.121. The molecule has 1 unspecified atom stereocenters. The van der Waals surface area contributed by atoms with Gasteiger partial charge in [-0.25, -0.2) is 4.79 Å². The molecule has 0 aliphatic carbocycles. The van der Waals surface area contributed by atoms with E-state index in [1.165, 1.54) is 0 Å². The van der Waals surface area contributed by atoms with Crippen LogP contribution in [0.4, 0.5) is 4.79 Å². The van der Waals surface area contributed by atoms with Crippen LogP contribution in [0.25, 0.3) is 0 Å². The highest BCUT2D eigenvalue weighted by Crippen LogP contribution is 2.14. The summed E-state index contributed by atoms with van der Waals surface area (Å²) < 4.78 is 0. The Balaban J connectivity index is 2.49. The molecule has 1 aromatic rings. The molecule has 0 bridgehead atoms. The molecule has 1 atom stereocenters. The maximum Gasteiger partial charge on any atom is 0.312 e. The van der Waals surface area contributed by atoms with E-state index in [4.69, 9.17) is 11.0 Å². The first-order valence-electron chi connectivity index (χ1n) is 5.40. The smallest absolute Gasteiger partial charge is 0.312 e. The Hall–Kier alpha value is -2.55. The highest BCUT2D eigenvalue weighted by Gasteiger charge is 2.18. The van der Waals surface area contributed by atoms with Crippen LogP contribution in [0.15, 0.2) is 30.3 Å². The number of nitrogens with two attached hydrogens (primary N) is 1. The summed E-state index contributed by atoms with van der Waals surface area (Å²) in [7, 11) is 0. The summed E-state index contributed by atoms with van der Waals surface area (Å²) in [4.78, 5) is 22.1. The van der Waals surface area contributed by atoms with Gasteiger partial charge in [0, 0.05) is 13.1 Å². The number of amides is 3. The lowest BCUT2D eigenvalue weighted by atomic mass is 10.00. The molecule has 6 heteroatoms. The molecule has 6 nitrogen and oxygen atoms in total. The number of hydrogen-bond acceptors (Lipinski definition) is 3. The minimum absolute atomic E-state index is 0.229. The molecule has 0 radical (unpaired) electrons. The molecule has 1 rings (SSSR count). The number of nitriles is 1. The third-order valence-electron chi connectivity index (χ3n) is 2.25. The Kier molecular flexibility index (Phi) is 5.19. The normalized spacial score (nSPS) is 11.1. The van der Waals surface area contributed by atoms with Gasteiger partial charge in [0.25, 0.3) is 0 Å². The number of carbonyl (C=O) groups is 2. The van der Waals surface area contributed by atoms with E-state index in [1.54, 1.807) is 24.3 Å². The van der Waals surface area contributed by atoms with Crippen molar-refractivity contribution in [3.63, 3.8) is 0 Å². The van der Waals surface area contributed by atoms with E-state index < -0.39 is 17.9 Å². The van der Waals surface area contributed by atoms with Crippen LogP contribution in [-0.2, 0) is 4.79 Å². The quantitative estimate of drug-likeness (QED) is 0.640. The monoisotopic (exact) mass is 246 g/mol. The lowest BCUT2D eigenvalue weighted by Crippen LogP contribution is -2.38. The summed E-state index contributed by atoms with van der Waals surface area (Å²) in [6.07, 6.45) is 0. The Morgan fingerprint density at radius 2 is 1.83 bits per heavy atom. The van der Waals surface area contributed by atoms with Gasteiger partial charge < -0.3 is 16.4 Å². The SMILES string of the molecule is N#CC(C(=O)NCCNC(N)=O)c1ccccc1. The third kappa shape index (κ3) is 4.14. The van der Waals surface area contributed by atoms with Crippen LogP contribution < -0.4 is 16.4 Å². The van der Waals surface area contributed by atoms with Crippen molar-refractivity contribution >= 4 is 11.9 Å². The minimum Gasteiger partial charge on any atom is -0.353 e. The van der Waals surface area contributed by atoms with Gasteiger partial charge in [-0.15, -0.1) is 0 Å². The van der Waals surface area contributed by atoms with E-state index in [2.05, 4.69) is 10.6 Å². The molecule has 94 valence electrons. The standard InChI is InChI=1S/C12H14N4O2/c13-8-10(9-4-2-1-3-5-9)11(17)15-6-7-16-12(14)18/h1-5,10H,6-7H2,(H,15,17)(H3,14,16,18). The molecule has 0 spiro atoms. The topological polar surface area (TPSA) is 108 Å². The molecular formula is C12H14N4O2. The van der Waals surface area contributed by atoms with Gasteiger partial charge in [0.1, 0.15) is 5.92 Å². The number of benzene rings is 1. The van der Waals surface area contributed by atoms with Crippen molar-refractivity contribution in [1.82, 2.24) is 10.6 Å². The molecule has 0 aromatic heterocycles. The highest BCUT2D eigenvalue weighted by atomic mass is 16.2. The zero-order chi connectivity index (χ0) is 13.4. The van der Waals surface area contributed by atoms with Crippen LogP contribution in [0.5, 0.6) is 0 Å². The molecule has 0 aliphatic heterocycles. The summed E-state index contributed by atoms with van der Waals surface area (Å²) in [5, 5.41) is 13.9. The molecule has 0 saturated carbocycles. The third-order valence-corrected chi connectivity index (χ3v) is 2.25. The Morgan fingerprint density at radius 1 is 1.22 bits per heavy atom. The zero-order valence-corrected chi connectivity index (χ0v) is 9.72. The average molecular weight is 246 g/mol. The van der Waals surface area contributed by atoms with E-state index in [-0.39, 0.29) is 13.1 Å². The van der Waals surface area contributed by atoms with Crippen molar-refractivity contribution in [3.8, 4) is 6.07 Å². The highest BCUT2D eigenvalue weighted by molar-refractivity contribution is 5.86. The summed E-state index contributed by atoms with van der Waals surface area (Å²) in [5.41, 5.74) is 5.51. The van der Waals surface area contributed by atoms with Gasteiger partial charge in [0.15, 0.2) is 0 Å². The van der Waals surface area contributed by atoms with Gasteiger partial charge >= 0.3 is 6.03 Å². The second-order valence-electron chi connectivity index (χ2n) is 3.55. The lowest BCUT2D eigenvalue weighted by Gasteiger charge is -2.10. The van der Waals surface area contributed by atoms with Crippen LogP contribution in [0, 0.1) is 11.3 Å². The first-order valence-corrected chi connectivity index (χ1v) is 5.40. The van der Waals surface area contributed by atoms with E-state index in [0.717, 1.165) is 0 Å². The van der Waals surface area contributed by atoms with Crippen molar-refractivity contribution in [2.45, 2.75) is 5.92 Å². The number of primary amides is 1. The first-order chi connectivity index (χ1) is 8.65. The van der Waals surface area contributed by atoms with Crippen LogP contribution in [-0.4, -0.2) is 25.0 Å². The van der Waals surface area contributed by atoms with Crippen LogP contribution >= 0.6 is 0 Å². The first kappa shape index (κ1) is 13.5. The van der Waals surface area contributed by atoms with E-state index >= 15 is 0 Å². The van der Waals surface area contributed by atoms with Gasteiger partial charge in [-0.3, -0.25) is 4.79 Å². The van der Waals surface area contributed by atoms with Crippen molar-refractivity contribution in [2.24, 2.45) is 5.73 Å². The number of hydrogen-bond donors (Lipinski definition) is 3. The maximum atomic E-state index is 11.7. The molecule has 0 aliphatic rings.